The number of ether oxygens (including phenoxy) is 1. The van der Waals surface area contributed by atoms with E-state index in [0.717, 1.165) is 16.1 Å². The van der Waals surface area contributed by atoms with Crippen molar-refractivity contribution in [2.24, 2.45) is 0 Å². The maximum Gasteiger partial charge on any atom is 0.416 e. The van der Waals surface area contributed by atoms with Crippen LogP contribution in [0, 0.1) is 6.92 Å². The lowest BCUT2D eigenvalue weighted by molar-refractivity contribution is -0.138. The molecule has 0 saturated heterocycles. The molecule has 0 spiro atoms. The van der Waals surface area contributed by atoms with Crippen LogP contribution in [0.3, 0.4) is 0 Å². The number of aryl methyl sites for hydroxylation is 1. The largest absolute Gasteiger partial charge is 0.457 e. The van der Waals surface area contributed by atoms with E-state index in [1.165, 1.54) is 12.1 Å². The highest BCUT2D eigenvalue weighted by Crippen LogP contribution is 2.37. The normalized spacial score (nSPS) is 11.5. The molecule has 0 aliphatic rings. The Morgan fingerprint density at radius 2 is 1.81 bits per heavy atom. The fourth-order valence-corrected chi connectivity index (χ4v) is 2.64. The minimum absolute atomic E-state index is 0.137. The zero-order chi connectivity index (χ0) is 15.6. The van der Waals surface area contributed by atoms with Gasteiger partial charge in [-0.05, 0) is 42.3 Å². The number of hydrogen-bond donors (Lipinski definition) is 0. The van der Waals surface area contributed by atoms with Gasteiger partial charge in [0.1, 0.15) is 11.5 Å². The van der Waals surface area contributed by atoms with Crippen LogP contribution in [0.25, 0.3) is 0 Å². The molecular formula is C15H11Br2F3O. The van der Waals surface area contributed by atoms with Crippen molar-refractivity contribution in [1.29, 1.82) is 0 Å². The van der Waals surface area contributed by atoms with Gasteiger partial charge in [0.2, 0.25) is 0 Å². The number of hydrogen-bond acceptors (Lipinski definition) is 1. The van der Waals surface area contributed by atoms with E-state index in [9.17, 15) is 13.2 Å². The van der Waals surface area contributed by atoms with E-state index in [1.807, 2.05) is 19.1 Å². The molecule has 2 aromatic carbocycles. The van der Waals surface area contributed by atoms with Crippen molar-refractivity contribution in [3.63, 3.8) is 0 Å². The smallest absolute Gasteiger partial charge is 0.416 e. The Balaban J connectivity index is 2.39. The molecule has 0 amide bonds. The van der Waals surface area contributed by atoms with Crippen molar-refractivity contribution in [1.82, 2.24) is 0 Å². The Labute approximate surface area is 137 Å². The summed E-state index contributed by atoms with van der Waals surface area (Å²) in [6.07, 6.45) is -4.41. The predicted octanol–water partition coefficient (Wildman–Crippen LogP) is 6.46. The zero-order valence-corrected chi connectivity index (χ0v) is 14.1. The number of halogens is 5. The van der Waals surface area contributed by atoms with Gasteiger partial charge >= 0.3 is 6.18 Å². The zero-order valence-electron chi connectivity index (χ0n) is 11.0. The summed E-state index contributed by atoms with van der Waals surface area (Å²) in [7, 11) is 0. The van der Waals surface area contributed by atoms with Crippen LogP contribution in [0.2, 0.25) is 0 Å². The van der Waals surface area contributed by atoms with Gasteiger partial charge in [-0.3, -0.25) is 0 Å². The Morgan fingerprint density at radius 1 is 1.10 bits per heavy atom. The lowest BCUT2D eigenvalue weighted by Crippen LogP contribution is -2.08. The lowest BCUT2D eigenvalue weighted by atomic mass is 10.1. The maximum absolute atomic E-state index is 13.0. The van der Waals surface area contributed by atoms with Crippen molar-refractivity contribution in [3.8, 4) is 11.5 Å². The molecule has 2 aromatic rings. The molecule has 0 heterocycles. The monoisotopic (exact) mass is 422 g/mol. The van der Waals surface area contributed by atoms with Gasteiger partial charge in [-0.15, -0.1) is 0 Å². The van der Waals surface area contributed by atoms with Gasteiger partial charge in [-0.25, -0.2) is 0 Å². The van der Waals surface area contributed by atoms with Gasteiger partial charge in [0.15, 0.2) is 0 Å². The molecule has 6 heteroatoms. The van der Waals surface area contributed by atoms with Crippen LogP contribution in [0.15, 0.2) is 40.9 Å². The molecule has 0 atom stereocenters. The van der Waals surface area contributed by atoms with Crippen LogP contribution in [0.1, 0.15) is 16.7 Å². The van der Waals surface area contributed by atoms with Crippen LogP contribution in [-0.2, 0) is 11.5 Å². The molecule has 0 unspecified atom stereocenters. The molecular weight excluding hydrogens is 413 g/mol. The molecule has 0 N–H and O–H groups in total. The van der Waals surface area contributed by atoms with Gasteiger partial charge in [0.25, 0.3) is 0 Å². The van der Waals surface area contributed by atoms with E-state index >= 15 is 0 Å². The SMILES string of the molecule is Cc1ccc(Br)cc1Oc1ccc(CBr)c(C(F)(F)F)c1. The molecule has 21 heavy (non-hydrogen) atoms. The summed E-state index contributed by atoms with van der Waals surface area (Å²) in [5.41, 5.74) is 0.335. The first-order chi connectivity index (χ1) is 9.81. The second-order valence-electron chi connectivity index (χ2n) is 4.46. The predicted molar refractivity (Wildman–Crippen MR) is 83.0 cm³/mol. The number of benzene rings is 2. The number of rotatable bonds is 3. The molecule has 112 valence electrons. The Kier molecular flexibility index (Phi) is 4.99. The molecule has 0 fully saturated rings. The third kappa shape index (κ3) is 4.01. The summed E-state index contributed by atoms with van der Waals surface area (Å²) in [4.78, 5) is 0. The Morgan fingerprint density at radius 3 is 2.43 bits per heavy atom. The van der Waals surface area contributed by atoms with E-state index in [1.54, 1.807) is 6.07 Å². The highest BCUT2D eigenvalue weighted by Gasteiger charge is 2.33. The Hall–Kier alpha value is -1.01. The maximum atomic E-state index is 13.0. The minimum atomic E-state index is -4.41. The van der Waals surface area contributed by atoms with Crippen LogP contribution >= 0.6 is 31.9 Å². The van der Waals surface area contributed by atoms with Gasteiger partial charge < -0.3 is 4.74 Å². The molecule has 0 aromatic heterocycles. The first-order valence-corrected chi connectivity index (χ1v) is 7.93. The summed E-state index contributed by atoms with van der Waals surface area (Å²) < 4.78 is 45.4. The summed E-state index contributed by atoms with van der Waals surface area (Å²) >= 11 is 6.38. The quantitative estimate of drug-likeness (QED) is 0.514. The van der Waals surface area contributed by atoms with E-state index in [2.05, 4.69) is 31.9 Å². The topological polar surface area (TPSA) is 9.23 Å². The first kappa shape index (κ1) is 16.4. The highest BCUT2D eigenvalue weighted by atomic mass is 79.9. The van der Waals surface area contributed by atoms with Crippen molar-refractivity contribution < 1.29 is 17.9 Å². The van der Waals surface area contributed by atoms with E-state index in [-0.39, 0.29) is 16.6 Å². The first-order valence-electron chi connectivity index (χ1n) is 6.01. The van der Waals surface area contributed by atoms with Crippen LogP contribution in [0.5, 0.6) is 11.5 Å². The summed E-state index contributed by atoms with van der Waals surface area (Å²) in [5, 5.41) is 0.137. The van der Waals surface area contributed by atoms with E-state index in [4.69, 9.17) is 4.74 Å². The van der Waals surface area contributed by atoms with E-state index < -0.39 is 11.7 Å². The number of alkyl halides is 4. The van der Waals surface area contributed by atoms with Crippen molar-refractivity contribution in [3.05, 3.63) is 57.6 Å². The van der Waals surface area contributed by atoms with Gasteiger partial charge in [0, 0.05) is 9.80 Å². The third-order valence-electron chi connectivity index (χ3n) is 2.91. The second-order valence-corrected chi connectivity index (χ2v) is 5.94. The average molecular weight is 424 g/mol. The van der Waals surface area contributed by atoms with Crippen molar-refractivity contribution in [2.45, 2.75) is 18.4 Å². The van der Waals surface area contributed by atoms with Gasteiger partial charge in [-0.1, -0.05) is 44.0 Å². The third-order valence-corrected chi connectivity index (χ3v) is 4.01. The molecule has 1 nitrogen and oxygen atoms in total. The highest BCUT2D eigenvalue weighted by molar-refractivity contribution is 9.10. The molecule has 2 rings (SSSR count). The Bertz CT molecular complexity index is 654. The fourth-order valence-electron chi connectivity index (χ4n) is 1.81. The fraction of sp³-hybridized carbons (Fsp3) is 0.200. The average Bonchev–Trinajstić information content (AvgIpc) is 2.42. The molecule has 0 aliphatic heterocycles. The minimum Gasteiger partial charge on any atom is -0.457 e. The van der Waals surface area contributed by atoms with Crippen molar-refractivity contribution >= 4 is 31.9 Å². The summed E-state index contributed by atoms with van der Waals surface area (Å²) in [5.74, 6) is 0.678. The molecule has 0 radical (unpaired) electrons. The summed E-state index contributed by atoms with van der Waals surface area (Å²) in [6, 6.07) is 9.37. The van der Waals surface area contributed by atoms with Crippen molar-refractivity contribution in [2.75, 3.05) is 0 Å². The second kappa shape index (κ2) is 6.40. The van der Waals surface area contributed by atoms with Gasteiger partial charge in [-0.2, -0.15) is 13.2 Å². The summed E-state index contributed by atoms with van der Waals surface area (Å²) in [6.45, 7) is 1.83. The van der Waals surface area contributed by atoms with Crippen LogP contribution in [0.4, 0.5) is 13.2 Å². The lowest BCUT2D eigenvalue weighted by Gasteiger charge is -2.14. The van der Waals surface area contributed by atoms with E-state index in [0.29, 0.717) is 5.75 Å². The standard InChI is InChI=1S/C15H11Br2F3O/c1-9-2-4-11(17)6-14(9)21-12-5-3-10(8-16)13(7-12)15(18,19)20/h2-7H,8H2,1H3. The van der Waals surface area contributed by atoms with Crippen LogP contribution in [-0.4, -0.2) is 0 Å². The molecule has 0 saturated carbocycles. The van der Waals surface area contributed by atoms with Gasteiger partial charge in [0.05, 0.1) is 5.56 Å². The van der Waals surface area contributed by atoms with Crippen LogP contribution < -0.4 is 4.74 Å². The molecule has 0 aliphatic carbocycles. The molecule has 0 bridgehead atoms.